The summed E-state index contributed by atoms with van der Waals surface area (Å²) in [5.41, 5.74) is 2.57. The normalized spacial score (nSPS) is 17.9. The van der Waals surface area contributed by atoms with Crippen LogP contribution in [0.1, 0.15) is 36.4 Å². The van der Waals surface area contributed by atoms with Gasteiger partial charge in [0.2, 0.25) is 11.8 Å². The van der Waals surface area contributed by atoms with Gasteiger partial charge in [-0.15, -0.1) is 0 Å². The van der Waals surface area contributed by atoms with E-state index in [1.165, 1.54) is 11.1 Å². The third-order valence-corrected chi connectivity index (χ3v) is 7.40. The molecule has 1 N–H and O–H groups in total. The second-order valence-corrected chi connectivity index (χ2v) is 9.83. The van der Waals surface area contributed by atoms with Gasteiger partial charge in [0.05, 0.1) is 12.6 Å². The first-order valence-corrected chi connectivity index (χ1v) is 13.3. The van der Waals surface area contributed by atoms with Crippen molar-refractivity contribution >= 4 is 11.8 Å². The van der Waals surface area contributed by atoms with E-state index in [1.807, 2.05) is 4.90 Å². The highest BCUT2D eigenvalue weighted by Crippen LogP contribution is 2.29. The molecule has 2 saturated heterocycles. The minimum absolute atomic E-state index is 0.0512. The Morgan fingerprint density at radius 1 is 0.889 bits per heavy atom. The van der Waals surface area contributed by atoms with Crippen molar-refractivity contribution in [1.29, 1.82) is 0 Å². The number of likely N-dealkylation sites (tertiary alicyclic amines) is 1. The predicted octanol–water partition coefficient (Wildman–Crippen LogP) is 2.78. The number of carbonyl (C=O) groups is 2. The second kappa shape index (κ2) is 13.5. The van der Waals surface area contributed by atoms with E-state index >= 15 is 0 Å². The van der Waals surface area contributed by atoms with Crippen LogP contribution >= 0.6 is 0 Å². The van der Waals surface area contributed by atoms with Crippen molar-refractivity contribution in [2.75, 3.05) is 66.1 Å². The van der Waals surface area contributed by atoms with E-state index in [-0.39, 0.29) is 23.8 Å². The van der Waals surface area contributed by atoms with E-state index in [2.05, 4.69) is 75.8 Å². The third kappa shape index (κ3) is 7.15. The molecule has 7 nitrogen and oxygen atoms in total. The molecule has 2 amide bonds. The molecule has 0 saturated carbocycles. The number of benzene rings is 2. The summed E-state index contributed by atoms with van der Waals surface area (Å²) in [5, 5.41) is 3.01. The summed E-state index contributed by atoms with van der Waals surface area (Å²) < 4.78 is 5.03. The number of amides is 2. The van der Waals surface area contributed by atoms with E-state index in [4.69, 9.17) is 4.74 Å². The molecule has 0 spiro atoms. The number of rotatable bonds is 10. The molecule has 0 aromatic heterocycles. The predicted molar refractivity (Wildman–Crippen MR) is 142 cm³/mol. The van der Waals surface area contributed by atoms with Crippen LogP contribution in [0.25, 0.3) is 0 Å². The van der Waals surface area contributed by atoms with Crippen molar-refractivity contribution in [2.45, 2.75) is 25.3 Å². The van der Waals surface area contributed by atoms with Crippen LogP contribution in [0.2, 0.25) is 0 Å². The van der Waals surface area contributed by atoms with E-state index in [0.29, 0.717) is 19.7 Å². The molecule has 2 fully saturated rings. The van der Waals surface area contributed by atoms with Crippen molar-refractivity contribution in [3.63, 3.8) is 0 Å². The first-order chi connectivity index (χ1) is 17.7. The van der Waals surface area contributed by atoms with Gasteiger partial charge in [0, 0.05) is 52.4 Å². The Hall–Kier alpha value is -2.74. The van der Waals surface area contributed by atoms with Gasteiger partial charge in [-0.1, -0.05) is 60.7 Å². The van der Waals surface area contributed by atoms with Crippen molar-refractivity contribution in [3.05, 3.63) is 71.8 Å². The molecule has 0 aliphatic carbocycles. The summed E-state index contributed by atoms with van der Waals surface area (Å²) in [6.45, 7) is 6.56. The fraction of sp³-hybridized carbons (Fsp3) is 0.517. The Bertz CT molecular complexity index is 900. The number of nitrogens with zero attached hydrogens (tertiary/aromatic N) is 3. The Morgan fingerprint density at radius 3 is 2.03 bits per heavy atom. The lowest BCUT2D eigenvalue weighted by molar-refractivity contribution is -0.135. The molecular weight excluding hydrogens is 452 g/mol. The topological polar surface area (TPSA) is 65.1 Å². The van der Waals surface area contributed by atoms with Gasteiger partial charge in [0.1, 0.15) is 0 Å². The van der Waals surface area contributed by atoms with Gasteiger partial charge in [-0.2, -0.15) is 0 Å². The van der Waals surface area contributed by atoms with Gasteiger partial charge in [0.25, 0.3) is 0 Å². The van der Waals surface area contributed by atoms with Crippen molar-refractivity contribution in [2.24, 2.45) is 5.92 Å². The average molecular weight is 493 g/mol. The largest absolute Gasteiger partial charge is 0.385 e. The van der Waals surface area contributed by atoms with Crippen LogP contribution in [0, 0.1) is 5.92 Å². The Labute approximate surface area is 215 Å². The lowest BCUT2D eigenvalue weighted by atomic mass is 9.95. The first kappa shape index (κ1) is 26.3. The molecule has 2 aromatic rings. The Morgan fingerprint density at radius 2 is 1.47 bits per heavy atom. The van der Waals surface area contributed by atoms with Crippen LogP contribution in [-0.2, 0) is 14.3 Å². The van der Waals surface area contributed by atoms with Crippen LogP contribution in [0.3, 0.4) is 0 Å². The fourth-order valence-corrected chi connectivity index (χ4v) is 5.33. The summed E-state index contributed by atoms with van der Waals surface area (Å²) in [6, 6.07) is 21.5. The minimum Gasteiger partial charge on any atom is -0.385 e. The fourth-order valence-electron chi connectivity index (χ4n) is 5.33. The molecule has 0 radical (unpaired) electrons. The van der Waals surface area contributed by atoms with Crippen LogP contribution in [-0.4, -0.2) is 92.6 Å². The molecular formula is C29H40N4O3. The average Bonchev–Trinajstić information content (AvgIpc) is 2.93. The van der Waals surface area contributed by atoms with Crippen molar-refractivity contribution in [3.8, 4) is 0 Å². The summed E-state index contributed by atoms with van der Waals surface area (Å²) in [5.74, 6) is 0.392. The van der Waals surface area contributed by atoms with Gasteiger partial charge in [-0.3, -0.25) is 19.4 Å². The van der Waals surface area contributed by atoms with Crippen LogP contribution < -0.4 is 5.32 Å². The van der Waals surface area contributed by atoms with Gasteiger partial charge >= 0.3 is 0 Å². The minimum atomic E-state index is 0.0512. The SMILES string of the molecule is COCCCNC(=O)C1CCN(CC(=O)N2CCN(C(c3ccccc3)c3ccccc3)CC2)CC1. The van der Waals surface area contributed by atoms with Crippen LogP contribution in [0.5, 0.6) is 0 Å². The number of ether oxygens (including phenoxy) is 1. The highest BCUT2D eigenvalue weighted by Gasteiger charge is 2.30. The molecule has 2 aliphatic rings. The molecule has 0 bridgehead atoms. The molecule has 4 rings (SSSR count). The van der Waals surface area contributed by atoms with Crippen molar-refractivity contribution < 1.29 is 14.3 Å². The maximum Gasteiger partial charge on any atom is 0.236 e. The smallest absolute Gasteiger partial charge is 0.236 e. The molecule has 0 unspecified atom stereocenters. The number of piperidine rings is 1. The molecule has 2 heterocycles. The zero-order valence-electron chi connectivity index (χ0n) is 21.5. The lowest BCUT2D eigenvalue weighted by Crippen LogP contribution is -2.52. The molecule has 194 valence electrons. The number of methoxy groups -OCH3 is 1. The number of hydrogen-bond acceptors (Lipinski definition) is 5. The van der Waals surface area contributed by atoms with Crippen LogP contribution in [0.15, 0.2) is 60.7 Å². The highest BCUT2D eigenvalue weighted by molar-refractivity contribution is 5.79. The Balaban J connectivity index is 1.24. The quantitative estimate of drug-likeness (QED) is 0.517. The molecule has 7 heteroatoms. The monoisotopic (exact) mass is 492 g/mol. The summed E-state index contributed by atoms with van der Waals surface area (Å²) in [4.78, 5) is 32.2. The molecule has 2 aliphatic heterocycles. The van der Waals surface area contributed by atoms with Gasteiger partial charge < -0.3 is 15.0 Å². The van der Waals surface area contributed by atoms with Gasteiger partial charge in [-0.05, 0) is 43.5 Å². The summed E-state index contributed by atoms with van der Waals surface area (Å²) >= 11 is 0. The van der Waals surface area contributed by atoms with E-state index in [9.17, 15) is 9.59 Å². The Kier molecular flexibility index (Phi) is 9.90. The first-order valence-electron chi connectivity index (χ1n) is 13.3. The van der Waals surface area contributed by atoms with E-state index in [1.54, 1.807) is 7.11 Å². The maximum absolute atomic E-state index is 13.1. The summed E-state index contributed by atoms with van der Waals surface area (Å²) in [7, 11) is 1.67. The number of nitrogens with one attached hydrogen (secondary N) is 1. The van der Waals surface area contributed by atoms with E-state index in [0.717, 1.165) is 58.5 Å². The number of hydrogen-bond donors (Lipinski definition) is 1. The summed E-state index contributed by atoms with van der Waals surface area (Å²) in [6.07, 6.45) is 2.46. The van der Waals surface area contributed by atoms with Crippen molar-refractivity contribution in [1.82, 2.24) is 20.0 Å². The van der Waals surface area contributed by atoms with Gasteiger partial charge in [0.15, 0.2) is 0 Å². The molecule has 0 atom stereocenters. The zero-order valence-corrected chi connectivity index (χ0v) is 21.5. The lowest BCUT2D eigenvalue weighted by Gasteiger charge is -2.40. The zero-order chi connectivity index (χ0) is 25.2. The highest BCUT2D eigenvalue weighted by atomic mass is 16.5. The maximum atomic E-state index is 13.1. The second-order valence-electron chi connectivity index (χ2n) is 9.83. The van der Waals surface area contributed by atoms with E-state index < -0.39 is 0 Å². The molecule has 36 heavy (non-hydrogen) atoms. The number of carbonyl (C=O) groups excluding carboxylic acids is 2. The van der Waals surface area contributed by atoms with Gasteiger partial charge in [-0.25, -0.2) is 0 Å². The molecule has 2 aromatic carbocycles. The number of piperazine rings is 1. The standard InChI is InChI=1S/C29H40N4O3/c1-36-22-8-15-30-29(35)26-13-16-31(17-14-26)23-27(34)32-18-20-33(21-19-32)28(24-9-4-2-5-10-24)25-11-6-3-7-12-25/h2-7,9-12,26,28H,8,13-23H2,1H3,(H,30,35). The third-order valence-electron chi connectivity index (χ3n) is 7.40. The van der Waals surface area contributed by atoms with Crippen LogP contribution in [0.4, 0.5) is 0 Å².